The first-order valence-electron chi connectivity index (χ1n) is 15.3. The summed E-state index contributed by atoms with van der Waals surface area (Å²) in [5.41, 5.74) is 2.04. The molecule has 2 aromatic rings. The van der Waals surface area contributed by atoms with Crippen LogP contribution in [0.1, 0.15) is 91.2 Å². The molecule has 0 aromatic heterocycles. The molecule has 7 heteroatoms. The van der Waals surface area contributed by atoms with E-state index in [4.69, 9.17) is 2.51 Å². The SMILES string of the molecule is CC(C)(C)c1ccc(I(OS(=O)(=O)C(F)(F)CC2CC3CC2C2C4CCC(C4)C32)c2ccc(C(C)(C)C)cc2)cc1. The van der Waals surface area contributed by atoms with Crippen molar-refractivity contribution in [1.82, 2.24) is 0 Å². The van der Waals surface area contributed by atoms with Gasteiger partial charge >= 0.3 is 254 Å². The van der Waals surface area contributed by atoms with Gasteiger partial charge in [-0.2, -0.15) is 0 Å². The molecule has 6 rings (SSSR count). The van der Waals surface area contributed by atoms with Gasteiger partial charge in [0.05, 0.1) is 0 Å². The van der Waals surface area contributed by atoms with Crippen molar-refractivity contribution >= 4 is 30.4 Å². The first-order valence-corrected chi connectivity index (χ1v) is 19.7. The van der Waals surface area contributed by atoms with Gasteiger partial charge < -0.3 is 0 Å². The van der Waals surface area contributed by atoms with Crippen LogP contribution in [-0.4, -0.2) is 13.7 Å². The molecule has 0 radical (unpaired) electrons. The average Bonchev–Trinajstić information content (AvgIpc) is 3.67. The summed E-state index contributed by atoms with van der Waals surface area (Å²) in [6.07, 6.45) is 4.97. The van der Waals surface area contributed by atoms with E-state index in [1.54, 1.807) is 0 Å². The van der Waals surface area contributed by atoms with E-state index in [2.05, 4.69) is 41.5 Å². The number of benzene rings is 2. The van der Waals surface area contributed by atoms with Gasteiger partial charge in [0.15, 0.2) is 0 Å². The normalized spacial score (nSPS) is 31.5. The van der Waals surface area contributed by atoms with Crippen LogP contribution in [0, 0.1) is 48.6 Å². The van der Waals surface area contributed by atoms with Crippen molar-refractivity contribution in [2.75, 3.05) is 0 Å². The fourth-order valence-corrected chi connectivity index (χ4v) is 15.8. The van der Waals surface area contributed by atoms with Crippen LogP contribution in [0.3, 0.4) is 0 Å². The number of hydrogen-bond donors (Lipinski definition) is 0. The van der Waals surface area contributed by atoms with Gasteiger partial charge in [-0.05, 0) is 0 Å². The molecule has 7 atom stereocenters. The first kappa shape index (κ1) is 30.0. The summed E-state index contributed by atoms with van der Waals surface area (Å²) in [6, 6.07) is 15.4. The molecule has 0 heterocycles. The van der Waals surface area contributed by atoms with Crippen LogP contribution in [0.5, 0.6) is 0 Å². The van der Waals surface area contributed by atoms with Gasteiger partial charge in [-0.15, -0.1) is 0 Å². The van der Waals surface area contributed by atoms with Crippen LogP contribution in [0.2, 0.25) is 0 Å². The molecule has 0 amide bonds. The van der Waals surface area contributed by atoms with E-state index in [1.807, 2.05) is 48.5 Å². The third-order valence-electron chi connectivity index (χ3n) is 10.7. The number of fused-ring (bicyclic) bond motifs is 9. The molecule has 0 aliphatic heterocycles. The van der Waals surface area contributed by atoms with Crippen molar-refractivity contribution in [2.24, 2.45) is 41.4 Å². The van der Waals surface area contributed by atoms with Crippen molar-refractivity contribution < 1.29 is 19.7 Å². The van der Waals surface area contributed by atoms with E-state index < -0.39 is 42.0 Å². The molecule has 0 N–H and O–H groups in total. The molecule has 0 saturated heterocycles. The quantitative estimate of drug-likeness (QED) is 0.214. The molecule has 226 valence electrons. The number of hydrogen-bond acceptors (Lipinski definition) is 3. The van der Waals surface area contributed by atoms with E-state index >= 15 is 8.78 Å². The van der Waals surface area contributed by atoms with Crippen LogP contribution in [0.4, 0.5) is 8.78 Å². The second-order valence-electron chi connectivity index (χ2n) is 15.3. The van der Waals surface area contributed by atoms with Gasteiger partial charge in [-0.1, -0.05) is 0 Å². The summed E-state index contributed by atoms with van der Waals surface area (Å²) >= 11 is -3.22. The molecule has 0 spiro atoms. The predicted molar refractivity (Wildman–Crippen MR) is 169 cm³/mol. The van der Waals surface area contributed by atoms with Crippen LogP contribution in [0.15, 0.2) is 48.5 Å². The Hall–Kier alpha value is -1.06. The van der Waals surface area contributed by atoms with Gasteiger partial charge in [-0.3, -0.25) is 0 Å². The van der Waals surface area contributed by atoms with E-state index in [1.165, 1.54) is 19.3 Å². The Kier molecular flexibility index (Phi) is 7.50. The number of alkyl halides is 2. The van der Waals surface area contributed by atoms with Crippen LogP contribution in [0.25, 0.3) is 0 Å². The van der Waals surface area contributed by atoms with Crippen molar-refractivity contribution in [3.05, 3.63) is 66.8 Å². The Bertz CT molecular complexity index is 1320. The van der Waals surface area contributed by atoms with Crippen LogP contribution < -0.4 is 0 Å². The fourth-order valence-electron chi connectivity index (χ4n) is 8.80. The van der Waals surface area contributed by atoms with E-state index in [0.29, 0.717) is 30.8 Å². The Morgan fingerprint density at radius 3 is 1.71 bits per heavy atom. The van der Waals surface area contributed by atoms with Crippen molar-refractivity contribution in [1.29, 1.82) is 0 Å². The Balaban J connectivity index is 1.26. The standard InChI is InChI=1S/C34H45F2IO3S/c1-32(2,3)25-9-13-27(14-10-25)37(28-15-11-26(12-16-28)33(4,5)6)40-41(38,39)34(35,36)20-24-18-23-19-29(24)31-22-8-7-21(17-22)30(23)31/h9-16,21-24,29-31H,7-8,17-20H2,1-6H3. The molecule has 3 nitrogen and oxygen atoms in total. The summed E-state index contributed by atoms with van der Waals surface area (Å²) < 4.78 is 65.8. The Morgan fingerprint density at radius 1 is 0.732 bits per heavy atom. The average molecular weight is 699 g/mol. The monoisotopic (exact) mass is 698 g/mol. The summed E-state index contributed by atoms with van der Waals surface area (Å²) in [5.74, 6) is 3.25. The third-order valence-corrected chi connectivity index (χ3v) is 18.1. The molecule has 41 heavy (non-hydrogen) atoms. The minimum atomic E-state index is -5.13. The van der Waals surface area contributed by atoms with Gasteiger partial charge in [-0.25, -0.2) is 0 Å². The van der Waals surface area contributed by atoms with E-state index in [9.17, 15) is 8.42 Å². The van der Waals surface area contributed by atoms with Crippen molar-refractivity contribution in [3.63, 3.8) is 0 Å². The molecule has 2 aromatic carbocycles. The van der Waals surface area contributed by atoms with Gasteiger partial charge in [0.1, 0.15) is 0 Å². The summed E-state index contributed by atoms with van der Waals surface area (Å²) in [7, 11) is -5.13. The van der Waals surface area contributed by atoms with Crippen molar-refractivity contribution in [3.8, 4) is 0 Å². The second kappa shape index (κ2) is 10.3. The second-order valence-corrected chi connectivity index (χ2v) is 21.9. The summed E-state index contributed by atoms with van der Waals surface area (Å²) in [6.45, 7) is 12.7. The number of rotatable bonds is 7. The minimum absolute atomic E-state index is 0.0790. The predicted octanol–water partition coefficient (Wildman–Crippen LogP) is 9.39. The van der Waals surface area contributed by atoms with Crippen molar-refractivity contribution in [2.45, 2.75) is 96.2 Å². The Morgan fingerprint density at radius 2 is 1.22 bits per heavy atom. The van der Waals surface area contributed by atoms with E-state index in [0.717, 1.165) is 29.9 Å². The topological polar surface area (TPSA) is 43.4 Å². The first-order chi connectivity index (χ1) is 19.0. The summed E-state index contributed by atoms with van der Waals surface area (Å²) in [5, 5.41) is -3.90. The molecule has 4 bridgehead atoms. The zero-order valence-corrected chi connectivity index (χ0v) is 28.1. The van der Waals surface area contributed by atoms with Gasteiger partial charge in [0.25, 0.3) is 0 Å². The third kappa shape index (κ3) is 5.43. The summed E-state index contributed by atoms with van der Waals surface area (Å²) in [4.78, 5) is 0. The maximum atomic E-state index is 15.9. The number of halogens is 3. The molecule has 7 unspecified atom stereocenters. The zero-order chi connectivity index (χ0) is 29.5. The zero-order valence-electron chi connectivity index (χ0n) is 25.2. The fraction of sp³-hybridized carbons (Fsp3) is 0.647. The molecule has 4 aliphatic rings. The van der Waals surface area contributed by atoms with Gasteiger partial charge in [0.2, 0.25) is 0 Å². The molecular weight excluding hydrogens is 653 g/mol. The van der Waals surface area contributed by atoms with Crippen LogP contribution in [-0.2, 0) is 23.5 Å². The Labute approximate surface area is 253 Å². The molecular formula is C34H45F2IO3S. The molecule has 4 fully saturated rings. The van der Waals surface area contributed by atoms with Crippen LogP contribution >= 0.6 is 20.2 Å². The van der Waals surface area contributed by atoms with Gasteiger partial charge in [0, 0.05) is 0 Å². The maximum absolute atomic E-state index is 15.9. The van der Waals surface area contributed by atoms with E-state index in [-0.39, 0.29) is 22.7 Å². The molecule has 4 saturated carbocycles. The molecule has 4 aliphatic carbocycles.